The van der Waals surface area contributed by atoms with Crippen LogP contribution in [-0.4, -0.2) is 5.78 Å². The van der Waals surface area contributed by atoms with E-state index in [0.29, 0.717) is 0 Å². The molecule has 0 N–H and O–H groups in total. The normalized spacial score (nSPS) is 16.2. The molecule has 0 fully saturated rings. The molecule has 3 rings (SSSR count). The van der Waals surface area contributed by atoms with Crippen molar-refractivity contribution in [3.05, 3.63) is 46.3 Å². The first-order chi connectivity index (χ1) is 9.19. The summed E-state index contributed by atoms with van der Waals surface area (Å²) in [4.78, 5) is 11.2. The van der Waals surface area contributed by atoms with Crippen LogP contribution < -0.4 is 0 Å². The van der Waals surface area contributed by atoms with Gasteiger partial charge in [0.1, 0.15) is 5.82 Å². The third-order valence-corrected chi connectivity index (χ3v) is 3.15. The highest BCUT2D eigenvalue weighted by Crippen LogP contribution is 2.48. The average molecular weight is 294 g/mol. The second kappa shape index (κ2) is 3.50. The topological polar surface area (TPSA) is 17.1 Å². The summed E-state index contributed by atoms with van der Waals surface area (Å²) < 4.78 is 92.9. The first-order valence-electron chi connectivity index (χ1n) is 5.10. The van der Waals surface area contributed by atoms with Crippen LogP contribution in [0.2, 0.25) is 0 Å². The summed E-state index contributed by atoms with van der Waals surface area (Å²) in [5.74, 6) is -16.4. The molecule has 1 aliphatic carbocycles. The van der Waals surface area contributed by atoms with E-state index in [1.165, 1.54) is 0 Å². The summed E-state index contributed by atoms with van der Waals surface area (Å²) in [7, 11) is 0. The summed E-state index contributed by atoms with van der Waals surface area (Å²) in [6.45, 7) is 0. The third kappa shape index (κ3) is 1.21. The zero-order valence-corrected chi connectivity index (χ0v) is 9.13. The molecule has 0 saturated carbocycles. The summed E-state index contributed by atoms with van der Waals surface area (Å²) in [5, 5.41) is -2.68. The van der Waals surface area contributed by atoms with Crippen LogP contribution in [0.4, 0.5) is 30.7 Å². The Morgan fingerprint density at radius 3 is 1.85 bits per heavy atom. The molecule has 104 valence electrons. The lowest BCUT2D eigenvalue weighted by Crippen LogP contribution is -2.39. The fourth-order valence-electron chi connectivity index (χ4n) is 2.20. The Kier molecular flexibility index (Phi) is 2.26. The number of hydrogen-bond acceptors (Lipinski definition) is 1. The van der Waals surface area contributed by atoms with Gasteiger partial charge in [-0.1, -0.05) is 0 Å². The average Bonchev–Trinajstić information content (AvgIpc) is 2.41. The van der Waals surface area contributed by atoms with Gasteiger partial charge < -0.3 is 0 Å². The maximum absolute atomic E-state index is 13.6. The molecule has 1 nitrogen and oxygen atoms in total. The number of ketones is 1. The lowest BCUT2D eigenvalue weighted by Gasteiger charge is -2.29. The molecule has 0 atom stereocenters. The van der Waals surface area contributed by atoms with Crippen LogP contribution in [0.1, 0.15) is 15.9 Å². The van der Waals surface area contributed by atoms with Crippen LogP contribution in [0.5, 0.6) is 0 Å². The highest BCUT2D eigenvalue weighted by Gasteiger charge is 2.56. The summed E-state index contributed by atoms with van der Waals surface area (Å²) in [5.41, 5.74) is -2.22. The predicted molar refractivity (Wildman–Crippen MR) is 52.0 cm³/mol. The lowest BCUT2D eigenvalue weighted by molar-refractivity contribution is -0.00621. The second-order valence-corrected chi connectivity index (χ2v) is 4.19. The largest absolute Gasteiger partial charge is 0.335 e. The Hall–Kier alpha value is -2.12. The number of rotatable bonds is 0. The molecule has 0 amide bonds. The molecule has 8 heteroatoms. The van der Waals surface area contributed by atoms with Crippen LogP contribution in [0, 0.1) is 29.1 Å². The highest BCUT2D eigenvalue weighted by molar-refractivity contribution is 6.20. The van der Waals surface area contributed by atoms with Crippen molar-refractivity contribution in [2.24, 2.45) is 0 Å². The quantitative estimate of drug-likeness (QED) is 0.410. The Bertz CT molecular complexity index is 810. The van der Waals surface area contributed by atoms with E-state index >= 15 is 0 Å². The van der Waals surface area contributed by atoms with E-state index in [-0.39, 0.29) is 6.07 Å². The number of carbonyl (C=O) groups excluding carboxylic acids is 1. The minimum absolute atomic E-state index is 0.110. The molecular weight excluding hydrogens is 293 g/mol. The number of carbonyl (C=O) groups is 1. The zero-order valence-electron chi connectivity index (χ0n) is 9.13. The van der Waals surface area contributed by atoms with E-state index in [1.54, 1.807) is 0 Å². The maximum atomic E-state index is 13.6. The number of halogens is 7. The standard InChI is InChI=1S/C12HF7O/c13-3-1-2-4(11(20)12(2,18)19)6-5(3)7(14)9(16)10(17)8(6)15/h1H. The fourth-order valence-corrected chi connectivity index (χ4v) is 2.20. The molecule has 0 aliphatic heterocycles. The van der Waals surface area contributed by atoms with Crippen molar-refractivity contribution < 1.29 is 35.5 Å². The van der Waals surface area contributed by atoms with Crippen molar-refractivity contribution in [1.29, 1.82) is 0 Å². The fraction of sp³-hybridized carbons (Fsp3) is 0.0833. The molecule has 1 aliphatic rings. The molecule has 2 aromatic rings. The van der Waals surface area contributed by atoms with Crippen molar-refractivity contribution in [3.63, 3.8) is 0 Å². The first kappa shape index (κ1) is 12.9. The molecule has 2 aromatic carbocycles. The summed E-state index contributed by atoms with van der Waals surface area (Å²) in [6.07, 6.45) is 0. The van der Waals surface area contributed by atoms with E-state index < -0.39 is 62.7 Å². The van der Waals surface area contributed by atoms with Gasteiger partial charge in [0.05, 0.1) is 5.39 Å². The minimum atomic E-state index is -4.06. The van der Waals surface area contributed by atoms with Crippen LogP contribution in [0.3, 0.4) is 0 Å². The van der Waals surface area contributed by atoms with Gasteiger partial charge in [0.2, 0.25) is 5.78 Å². The summed E-state index contributed by atoms with van der Waals surface area (Å²) in [6, 6.07) is 0.110. The van der Waals surface area contributed by atoms with Gasteiger partial charge in [-0.15, -0.1) is 0 Å². The summed E-state index contributed by atoms with van der Waals surface area (Å²) >= 11 is 0. The predicted octanol–water partition coefficient (Wildman–Crippen LogP) is 3.82. The van der Waals surface area contributed by atoms with Gasteiger partial charge in [-0.25, -0.2) is 22.0 Å². The van der Waals surface area contributed by atoms with E-state index in [9.17, 15) is 35.5 Å². The third-order valence-electron chi connectivity index (χ3n) is 3.15. The van der Waals surface area contributed by atoms with Crippen LogP contribution in [0.15, 0.2) is 6.07 Å². The highest BCUT2D eigenvalue weighted by atomic mass is 19.3. The van der Waals surface area contributed by atoms with Crippen LogP contribution in [0.25, 0.3) is 10.8 Å². The van der Waals surface area contributed by atoms with Crippen LogP contribution >= 0.6 is 0 Å². The van der Waals surface area contributed by atoms with Crippen molar-refractivity contribution in [2.75, 3.05) is 0 Å². The SMILES string of the molecule is O=C1c2c(cc(F)c3c(F)c(F)c(F)c(F)c23)C1(F)F. The Morgan fingerprint density at radius 2 is 1.30 bits per heavy atom. The molecule has 20 heavy (non-hydrogen) atoms. The number of alkyl halides is 2. The second-order valence-electron chi connectivity index (χ2n) is 4.19. The Balaban J connectivity index is 2.61. The Labute approximate surface area is 105 Å². The van der Waals surface area contributed by atoms with Gasteiger partial charge in [-0.2, -0.15) is 8.78 Å². The molecule has 0 radical (unpaired) electrons. The van der Waals surface area contributed by atoms with E-state index in [4.69, 9.17) is 0 Å². The molecule has 0 unspecified atom stereocenters. The molecular formula is C12HF7O. The van der Waals surface area contributed by atoms with Gasteiger partial charge in [-0.05, 0) is 6.07 Å². The Morgan fingerprint density at radius 1 is 0.800 bits per heavy atom. The first-order valence-corrected chi connectivity index (χ1v) is 5.10. The van der Waals surface area contributed by atoms with Gasteiger partial charge in [0, 0.05) is 16.5 Å². The molecule has 0 aromatic heterocycles. The van der Waals surface area contributed by atoms with E-state index in [0.717, 1.165) is 0 Å². The number of benzene rings is 2. The molecule has 0 spiro atoms. The number of Topliss-reactive ketones (excluding diaryl/α,β-unsaturated/α-hetero) is 1. The minimum Gasteiger partial charge on any atom is -0.287 e. The lowest BCUT2D eigenvalue weighted by atomic mass is 9.79. The van der Waals surface area contributed by atoms with Crippen molar-refractivity contribution in [1.82, 2.24) is 0 Å². The molecule has 0 saturated heterocycles. The van der Waals surface area contributed by atoms with Gasteiger partial charge in [-0.3, -0.25) is 4.79 Å². The van der Waals surface area contributed by atoms with Crippen molar-refractivity contribution >= 4 is 16.6 Å². The van der Waals surface area contributed by atoms with E-state index in [1.807, 2.05) is 0 Å². The number of hydrogen-bond donors (Lipinski definition) is 0. The van der Waals surface area contributed by atoms with Gasteiger partial charge in [0.25, 0.3) is 0 Å². The van der Waals surface area contributed by atoms with Crippen molar-refractivity contribution in [2.45, 2.75) is 5.92 Å². The number of fused-ring (bicyclic) bond motifs is 3. The maximum Gasteiger partial charge on any atom is 0.335 e. The molecule has 0 bridgehead atoms. The van der Waals surface area contributed by atoms with Crippen LogP contribution in [-0.2, 0) is 5.92 Å². The zero-order chi connectivity index (χ0) is 15.0. The van der Waals surface area contributed by atoms with Gasteiger partial charge in [0.15, 0.2) is 23.3 Å². The monoisotopic (exact) mass is 294 g/mol. The smallest absolute Gasteiger partial charge is 0.287 e. The van der Waals surface area contributed by atoms with E-state index in [2.05, 4.69) is 0 Å². The molecule has 0 heterocycles. The van der Waals surface area contributed by atoms with Crippen molar-refractivity contribution in [3.8, 4) is 0 Å². The van der Waals surface area contributed by atoms with Gasteiger partial charge >= 0.3 is 5.92 Å².